The van der Waals surface area contributed by atoms with Crippen LogP contribution in [0.2, 0.25) is 0 Å². The smallest absolute Gasteiger partial charge is 0.222 e. The number of amides is 1. The highest BCUT2D eigenvalue weighted by atomic mass is 32.2. The van der Waals surface area contributed by atoms with E-state index in [0.29, 0.717) is 24.9 Å². The van der Waals surface area contributed by atoms with E-state index >= 15 is 0 Å². The Morgan fingerprint density at radius 1 is 1.59 bits per heavy atom. The predicted molar refractivity (Wildman–Crippen MR) is 74.4 cm³/mol. The molecule has 0 bridgehead atoms. The summed E-state index contributed by atoms with van der Waals surface area (Å²) in [7, 11) is 0. The summed E-state index contributed by atoms with van der Waals surface area (Å²) in [5.41, 5.74) is 0. The molecule has 2 unspecified atom stereocenters. The highest BCUT2D eigenvalue weighted by Gasteiger charge is 2.20. The van der Waals surface area contributed by atoms with Gasteiger partial charge in [0.1, 0.15) is 0 Å². The van der Waals surface area contributed by atoms with E-state index in [0.717, 1.165) is 10.9 Å². The molecule has 98 valence electrons. The molecule has 0 aromatic carbocycles. The maximum absolute atomic E-state index is 11.4. The van der Waals surface area contributed by atoms with Crippen LogP contribution in [0.3, 0.4) is 0 Å². The number of rotatable bonds is 4. The van der Waals surface area contributed by atoms with Crippen molar-refractivity contribution in [1.29, 1.82) is 0 Å². The van der Waals surface area contributed by atoms with Gasteiger partial charge in [-0.1, -0.05) is 18.7 Å². The Hall–Kier alpha value is -0.710. The molecule has 0 radical (unpaired) electrons. The fraction of sp³-hybridized carbons (Fsp3) is 0.833. The van der Waals surface area contributed by atoms with Crippen LogP contribution < -0.4 is 10.6 Å². The second-order valence-corrected chi connectivity index (χ2v) is 5.89. The Bertz CT molecular complexity index is 291. The molecule has 1 fully saturated rings. The normalized spacial score (nSPS) is 27.0. The predicted octanol–water partition coefficient (Wildman–Crippen LogP) is 1.62. The van der Waals surface area contributed by atoms with Crippen LogP contribution in [-0.4, -0.2) is 35.5 Å². The topological polar surface area (TPSA) is 53.5 Å². The lowest BCUT2D eigenvalue weighted by Gasteiger charge is -2.28. The quantitative estimate of drug-likeness (QED) is 0.804. The van der Waals surface area contributed by atoms with Gasteiger partial charge in [0.15, 0.2) is 5.17 Å². The largest absolute Gasteiger partial charge is 0.362 e. The third-order valence-corrected chi connectivity index (χ3v) is 3.94. The van der Waals surface area contributed by atoms with Gasteiger partial charge in [-0.05, 0) is 26.7 Å². The highest BCUT2D eigenvalue weighted by Crippen LogP contribution is 2.19. The monoisotopic (exact) mass is 257 g/mol. The van der Waals surface area contributed by atoms with Gasteiger partial charge < -0.3 is 10.6 Å². The Morgan fingerprint density at radius 2 is 2.29 bits per heavy atom. The second-order valence-electron chi connectivity index (χ2n) is 4.88. The molecule has 2 atom stereocenters. The van der Waals surface area contributed by atoms with Gasteiger partial charge in [0.25, 0.3) is 0 Å². The lowest BCUT2D eigenvalue weighted by Crippen LogP contribution is -2.41. The van der Waals surface area contributed by atoms with Crippen molar-refractivity contribution in [2.45, 2.75) is 46.2 Å². The maximum Gasteiger partial charge on any atom is 0.222 e. The maximum atomic E-state index is 11.4. The fourth-order valence-electron chi connectivity index (χ4n) is 1.48. The van der Waals surface area contributed by atoms with Crippen molar-refractivity contribution in [3.8, 4) is 0 Å². The van der Waals surface area contributed by atoms with Crippen molar-refractivity contribution in [2.24, 2.45) is 10.9 Å². The van der Waals surface area contributed by atoms with E-state index in [1.807, 2.05) is 13.8 Å². The second kappa shape index (κ2) is 6.89. The Kier molecular flexibility index (Phi) is 5.82. The van der Waals surface area contributed by atoms with E-state index in [2.05, 4.69) is 29.5 Å². The average Bonchev–Trinajstić information content (AvgIpc) is 2.22. The Labute approximate surface area is 108 Å². The average molecular weight is 257 g/mol. The lowest BCUT2D eigenvalue weighted by atomic mass is 10.1. The number of amidine groups is 1. The van der Waals surface area contributed by atoms with E-state index in [9.17, 15) is 4.79 Å². The molecular formula is C12H23N3OS. The molecule has 1 rings (SSSR count). The van der Waals surface area contributed by atoms with Crippen LogP contribution in [0.15, 0.2) is 4.99 Å². The van der Waals surface area contributed by atoms with Crippen LogP contribution in [0.1, 0.15) is 34.1 Å². The van der Waals surface area contributed by atoms with Gasteiger partial charge in [0.05, 0.1) is 6.54 Å². The van der Waals surface area contributed by atoms with Crippen LogP contribution in [0.5, 0.6) is 0 Å². The molecule has 4 nitrogen and oxygen atoms in total. The summed E-state index contributed by atoms with van der Waals surface area (Å²) >= 11 is 1.75. The van der Waals surface area contributed by atoms with Gasteiger partial charge in [-0.15, -0.1) is 0 Å². The minimum absolute atomic E-state index is 0.0755. The summed E-state index contributed by atoms with van der Waals surface area (Å²) in [5.74, 6) is 1.85. The molecule has 1 aliphatic rings. The first kappa shape index (κ1) is 14.4. The SMILES string of the molecule is CC(C)NC(=O)CCN=C1NC(C)C(C)CS1. The molecule has 1 aliphatic heterocycles. The number of aliphatic imine (C=N–C) groups is 1. The van der Waals surface area contributed by atoms with Gasteiger partial charge in [-0.2, -0.15) is 0 Å². The van der Waals surface area contributed by atoms with E-state index in [4.69, 9.17) is 0 Å². The number of thioether (sulfide) groups is 1. The minimum atomic E-state index is 0.0755. The lowest BCUT2D eigenvalue weighted by molar-refractivity contribution is -0.121. The molecule has 17 heavy (non-hydrogen) atoms. The zero-order valence-electron chi connectivity index (χ0n) is 11.1. The number of hydrogen-bond acceptors (Lipinski definition) is 3. The van der Waals surface area contributed by atoms with Crippen LogP contribution >= 0.6 is 11.8 Å². The van der Waals surface area contributed by atoms with Crippen LogP contribution in [0, 0.1) is 5.92 Å². The number of nitrogens with one attached hydrogen (secondary N) is 2. The first-order chi connectivity index (χ1) is 7.99. The van der Waals surface area contributed by atoms with Gasteiger partial charge in [0.2, 0.25) is 5.91 Å². The number of carbonyl (C=O) groups is 1. The van der Waals surface area contributed by atoms with E-state index in [1.165, 1.54) is 0 Å². The van der Waals surface area contributed by atoms with Crippen molar-refractivity contribution in [3.63, 3.8) is 0 Å². The van der Waals surface area contributed by atoms with Gasteiger partial charge in [-0.3, -0.25) is 9.79 Å². The van der Waals surface area contributed by atoms with Crippen molar-refractivity contribution >= 4 is 22.8 Å². The summed E-state index contributed by atoms with van der Waals surface area (Å²) in [4.78, 5) is 15.8. The van der Waals surface area contributed by atoms with Crippen molar-refractivity contribution in [3.05, 3.63) is 0 Å². The van der Waals surface area contributed by atoms with Crippen molar-refractivity contribution < 1.29 is 4.79 Å². The highest BCUT2D eigenvalue weighted by molar-refractivity contribution is 8.13. The van der Waals surface area contributed by atoms with Crippen LogP contribution in [0.4, 0.5) is 0 Å². The van der Waals surface area contributed by atoms with Crippen molar-refractivity contribution in [2.75, 3.05) is 12.3 Å². The van der Waals surface area contributed by atoms with E-state index < -0.39 is 0 Å². The first-order valence-electron chi connectivity index (χ1n) is 6.22. The zero-order chi connectivity index (χ0) is 12.8. The minimum Gasteiger partial charge on any atom is -0.362 e. The fourth-order valence-corrected chi connectivity index (χ4v) is 2.64. The molecule has 0 aromatic rings. The van der Waals surface area contributed by atoms with E-state index in [1.54, 1.807) is 11.8 Å². The summed E-state index contributed by atoms with van der Waals surface area (Å²) in [6.45, 7) is 8.90. The number of carbonyl (C=O) groups excluding carboxylic acids is 1. The molecule has 0 aromatic heterocycles. The number of hydrogen-bond donors (Lipinski definition) is 2. The van der Waals surface area contributed by atoms with Gasteiger partial charge >= 0.3 is 0 Å². The molecule has 0 spiro atoms. The molecule has 0 saturated carbocycles. The van der Waals surface area contributed by atoms with Crippen LogP contribution in [0.25, 0.3) is 0 Å². The van der Waals surface area contributed by atoms with Gasteiger partial charge in [0, 0.05) is 24.3 Å². The number of nitrogens with zero attached hydrogens (tertiary/aromatic N) is 1. The summed E-state index contributed by atoms with van der Waals surface area (Å²) < 4.78 is 0. The molecule has 2 N–H and O–H groups in total. The Balaban J connectivity index is 2.27. The third-order valence-electron chi connectivity index (χ3n) is 2.73. The molecule has 1 amide bonds. The third kappa shape index (κ3) is 5.44. The molecule has 0 aliphatic carbocycles. The molecule has 1 heterocycles. The van der Waals surface area contributed by atoms with Crippen LogP contribution in [-0.2, 0) is 4.79 Å². The summed E-state index contributed by atoms with van der Waals surface area (Å²) in [5, 5.41) is 7.20. The van der Waals surface area contributed by atoms with E-state index in [-0.39, 0.29) is 11.9 Å². The first-order valence-corrected chi connectivity index (χ1v) is 7.20. The summed E-state index contributed by atoms with van der Waals surface area (Å²) in [6.07, 6.45) is 0.466. The van der Waals surface area contributed by atoms with Crippen molar-refractivity contribution in [1.82, 2.24) is 10.6 Å². The molecule has 5 heteroatoms. The Morgan fingerprint density at radius 3 is 2.88 bits per heavy atom. The zero-order valence-corrected chi connectivity index (χ0v) is 11.9. The standard InChI is InChI=1S/C12H23N3OS/c1-8(2)14-11(16)5-6-13-12-15-10(4)9(3)7-17-12/h8-10H,5-7H2,1-4H3,(H,13,15)(H,14,16). The molecule has 1 saturated heterocycles. The van der Waals surface area contributed by atoms with Gasteiger partial charge in [-0.25, -0.2) is 0 Å². The summed E-state index contributed by atoms with van der Waals surface area (Å²) in [6, 6.07) is 0.678. The molecular weight excluding hydrogens is 234 g/mol.